The average molecular weight is 407 g/mol. The molecule has 0 saturated heterocycles. The molecule has 1 aromatic rings. The number of aryl methyl sites for hydroxylation is 1. The van der Waals surface area contributed by atoms with Gasteiger partial charge < -0.3 is 19.1 Å². The van der Waals surface area contributed by atoms with E-state index in [9.17, 15) is 9.59 Å². The molecule has 0 aromatic heterocycles. The number of nitrogens with zero attached hydrogens (tertiary/aromatic N) is 2. The summed E-state index contributed by atoms with van der Waals surface area (Å²) in [6.45, 7) is 10.0. The molecule has 0 spiro atoms. The number of amides is 1. The first-order valence-corrected chi connectivity index (χ1v) is 10.1. The molecular formula is C22H34N2O5. The fraction of sp³-hybridized carbons (Fsp3) is 0.636. The summed E-state index contributed by atoms with van der Waals surface area (Å²) in [7, 11) is 3.12. The van der Waals surface area contributed by atoms with E-state index in [2.05, 4.69) is 4.90 Å². The number of hydrogen-bond donors (Lipinski definition) is 0. The van der Waals surface area contributed by atoms with Crippen LogP contribution in [0.15, 0.2) is 18.2 Å². The molecule has 1 aliphatic rings. The molecule has 0 unspecified atom stereocenters. The molecule has 1 saturated carbocycles. The largest absolute Gasteiger partial charge is 0.491 e. The number of likely N-dealkylation sites (N-methyl/N-ethyl adjacent to an activating group) is 1. The number of carbonyl (C=O) groups is 2. The van der Waals surface area contributed by atoms with Gasteiger partial charge in [0, 0.05) is 32.7 Å². The van der Waals surface area contributed by atoms with Gasteiger partial charge in [-0.25, -0.2) is 9.59 Å². The van der Waals surface area contributed by atoms with Gasteiger partial charge in [0.2, 0.25) is 0 Å². The number of methoxy groups -OCH3 is 1. The van der Waals surface area contributed by atoms with Crippen LogP contribution in [-0.4, -0.2) is 73.9 Å². The smallest absolute Gasteiger partial charge is 0.410 e. The Hall–Kier alpha value is -2.28. The van der Waals surface area contributed by atoms with Crippen LogP contribution in [0.1, 0.15) is 49.5 Å². The number of esters is 1. The van der Waals surface area contributed by atoms with Crippen LogP contribution in [-0.2, 0) is 9.47 Å². The predicted octanol–water partition coefficient (Wildman–Crippen LogP) is 3.49. The molecule has 1 aliphatic carbocycles. The zero-order valence-corrected chi connectivity index (χ0v) is 18.5. The molecule has 0 atom stereocenters. The summed E-state index contributed by atoms with van der Waals surface area (Å²) in [4.78, 5) is 28.0. The maximum atomic E-state index is 12.1. The average Bonchev–Trinajstić information content (AvgIpc) is 3.48. The maximum absolute atomic E-state index is 12.1. The van der Waals surface area contributed by atoms with E-state index in [-0.39, 0.29) is 6.09 Å². The maximum Gasteiger partial charge on any atom is 0.410 e. The van der Waals surface area contributed by atoms with Gasteiger partial charge in [0.15, 0.2) is 0 Å². The molecule has 29 heavy (non-hydrogen) atoms. The van der Waals surface area contributed by atoms with Crippen LogP contribution in [0.2, 0.25) is 0 Å². The van der Waals surface area contributed by atoms with Gasteiger partial charge in [0.05, 0.1) is 7.11 Å². The molecule has 0 aliphatic heterocycles. The Labute approximate surface area is 173 Å². The van der Waals surface area contributed by atoms with Crippen molar-refractivity contribution >= 4 is 12.1 Å². The fourth-order valence-electron chi connectivity index (χ4n) is 2.94. The summed E-state index contributed by atoms with van der Waals surface area (Å²) in [5, 5.41) is 0. The van der Waals surface area contributed by atoms with E-state index in [0.717, 1.165) is 31.5 Å². The third-order valence-electron chi connectivity index (χ3n) is 4.67. The minimum Gasteiger partial charge on any atom is -0.491 e. The second-order valence-electron chi connectivity index (χ2n) is 8.51. The molecule has 2 rings (SSSR count). The molecular weight excluding hydrogens is 372 g/mol. The van der Waals surface area contributed by atoms with Crippen LogP contribution in [0, 0.1) is 6.92 Å². The Morgan fingerprint density at radius 1 is 1.14 bits per heavy atom. The van der Waals surface area contributed by atoms with E-state index in [1.807, 2.05) is 33.8 Å². The highest BCUT2D eigenvalue weighted by atomic mass is 16.6. The summed E-state index contributed by atoms with van der Waals surface area (Å²) >= 11 is 0. The lowest BCUT2D eigenvalue weighted by atomic mass is 10.1. The number of benzene rings is 1. The molecule has 0 heterocycles. The Kier molecular flexibility index (Phi) is 7.90. The number of carbonyl (C=O) groups excluding carboxylic acids is 2. The van der Waals surface area contributed by atoms with Gasteiger partial charge in [-0.15, -0.1) is 0 Å². The molecule has 1 fully saturated rings. The van der Waals surface area contributed by atoms with Crippen molar-refractivity contribution in [2.45, 2.75) is 52.2 Å². The van der Waals surface area contributed by atoms with Crippen molar-refractivity contribution in [3.63, 3.8) is 0 Å². The zero-order chi connectivity index (χ0) is 21.6. The highest BCUT2D eigenvalue weighted by Crippen LogP contribution is 2.27. The van der Waals surface area contributed by atoms with Crippen LogP contribution in [0.25, 0.3) is 0 Å². The molecule has 0 N–H and O–H groups in total. The highest BCUT2D eigenvalue weighted by Gasteiger charge is 2.29. The standard InChI is InChI=1S/C22H34N2O5/c1-16-7-10-19(18(15-16)20(25)27-6)28-14-13-24(17-8-9-17)12-11-23(5)21(26)29-22(2,3)4/h7,10,15,17H,8-9,11-14H2,1-6H3. The van der Waals surface area contributed by atoms with E-state index in [1.165, 1.54) is 7.11 Å². The van der Waals surface area contributed by atoms with Crippen molar-refractivity contribution in [1.82, 2.24) is 9.80 Å². The zero-order valence-electron chi connectivity index (χ0n) is 18.5. The normalized spacial score (nSPS) is 13.9. The van der Waals surface area contributed by atoms with Crippen LogP contribution in [0.3, 0.4) is 0 Å². The van der Waals surface area contributed by atoms with Crippen molar-refractivity contribution in [3.05, 3.63) is 29.3 Å². The van der Waals surface area contributed by atoms with Crippen molar-refractivity contribution < 1.29 is 23.8 Å². The van der Waals surface area contributed by atoms with Gasteiger partial charge >= 0.3 is 12.1 Å². The first-order chi connectivity index (χ1) is 13.6. The van der Waals surface area contributed by atoms with Gasteiger partial charge in [0.1, 0.15) is 23.5 Å². The Morgan fingerprint density at radius 2 is 1.83 bits per heavy atom. The lowest BCUT2D eigenvalue weighted by Crippen LogP contribution is -2.41. The van der Waals surface area contributed by atoms with Crippen LogP contribution >= 0.6 is 0 Å². The Balaban J connectivity index is 1.86. The number of hydrogen-bond acceptors (Lipinski definition) is 6. The van der Waals surface area contributed by atoms with Crippen LogP contribution in [0.4, 0.5) is 4.79 Å². The molecule has 162 valence electrons. The molecule has 0 bridgehead atoms. The summed E-state index contributed by atoms with van der Waals surface area (Å²) < 4.78 is 16.1. The predicted molar refractivity (Wildman–Crippen MR) is 111 cm³/mol. The minimum atomic E-state index is -0.499. The molecule has 7 heteroatoms. The third kappa shape index (κ3) is 7.57. The lowest BCUT2D eigenvalue weighted by Gasteiger charge is -2.27. The topological polar surface area (TPSA) is 68.3 Å². The van der Waals surface area contributed by atoms with E-state index in [1.54, 1.807) is 24.1 Å². The Bertz CT molecular complexity index is 710. The van der Waals surface area contributed by atoms with E-state index >= 15 is 0 Å². The second-order valence-corrected chi connectivity index (χ2v) is 8.51. The molecule has 0 radical (unpaired) electrons. The van der Waals surface area contributed by atoms with E-state index < -0.39 is 11.6 Å². The van der Waals surface area contributed by atoms with Crippen molar-refractivity contribution in [2.75, 3.05) is 40.4 Å². The van der Waals surface area contributed by atoms with Gasteiger partial charge in [-0.05, 0) is 52.7 Å². The van der Waals surface area contributed by atoms with Crippen LogP contribution in [0.5, 0.6) is 5.75 Å². The van der Waals surface area contributed by atoms with E-state index in [4.69, 9.17) is 14.2 Å². The fourth-order valence-corrected chi connectivity index (χ4v) is 2.94. The van der Waals surface area contributed by atoms with Crippen molar-refractivity contribution in [1.29, 1.82) is 0 Å². The first-order valence-electron chi connectivity index (χ1n) is 10.1. The van der Waals surface area contributed by atoms with E-state index in [0.29, 0.717) is 30.5 Å². The quantitative estimate of drug-likeness (QED) is 0.585. The SMILES string of the molecule is COC(=O)c1cc(C)ccc1OCCN(CCN(C)C(=O)OC(C)(C)C)C1CC1. The van der Waals surface area contributed by atoms with Crippen molar-refractivity contribution in [2.24, 2.45) is 0 Å². The molecule has 1 aromatic carbocycles. The van der Waals surface area contributed by atoms with Gasteiger partial charge in [-0.1, -0.05) is 11.6 Å². The Morgan fingerprint density at radius 3 is 2.41 bits per heavy atom. The summed E-state index contributed by atoms with van der Waals surface area (Å²) in [5.74, 6) is 0.130. The van der Waals surface area contributed by atoms with Gasteiger partial charge in [-0.3, -0.25) is 4.90 Å². The molecule has 1 amide bonds. The first kappa shape index (κ1) is 23.0. The van der Waals surface area contributed by atoms with Crippen molar-refractivity contribution in [3.8, 4) is 5.75 Å². The summed E-state index contributed by atoms with van der Waals surface area (Å²) in [6.07, 6.45) is 2.01. The second kappa shape index (κ2) is 9.96. The summed E-state index contributed by atoms with van der Waals surface area (Å²) in [6, 6.07) is 6.02. The summed E-state index contributed by atoms with van der Waals surface area (Å²) in [5.41, 5.74) is 0.915. The minimum absolute atomic E-state index is 0.313. The van der Waals surface area contributed by atoms with Gasteiger partial charge in [0.25, 0.3) is 0 Å². The third-order valence-corrected chi connectivity index (χ3v) is 4.67. The number of ether oxygens (including phenoxy) is 3. The van der Waals surface area contributed by atoms with Crippen LogP contribution < -0.4 is 4.74 Å². The highest BCUT2D eigenvalue weighted by molar-refractivity contribution is 5.92. The lowest BCUT2D eigenvalue weighted by molar-refractivity contribution is 0.0279. The monoisotopic (exact) mass is 406 g/mol. The van der Waals surface area contributed by atoms with Gasteiger partial charge in [-0.2, -0.15) is 0 Å². The number of rotatable bonds is 9. The molecule has 7 nitrogen and oxygen atoms in total.